The summed E-state index contributed by atoms with van der Waals surface area (Å²) < 4.78 is 54.1. The molecule has 0 radical (unpaired) electrons. The Labute approximate surface area is 260 Å². The summed E-state index contributed by atoms with van der Waals surface area (Å²) in [4.78, 5) is 31.5. The molecule has 0 saturated carbocycles. The van der Waals surface area contributed by atoms with E-state index in [1.165, 1.54) is 43.5 Å². The fourth-order valence-corrected chi connectivity index (χ4v) is 4.75. The molecule has 0 bridgehead atoms. The number of benzene rings is 3. The lowest BCUT2D eigenvalue weighted by Gasteiger charge is -2.28. The Kier molecular flexibility index (Phi) is 9.13. The summed E-state index contributed by atoms with van der Waals surface area (Å²) in [5.74, 6) is -0.198. The summed E-state index contributed by atoms with van der Waals surface area (Å²) in [5.41, 5.74) is 0.583. The lowest BCUT2D eigenvalue weighted by molar-refractivity contribution is -0.269. The normalized spacial score (nSPS) is 16.7. The number of carbonyl (C=O) groups is 2. The van der Waals surface area contributed by atoms with Crippen molar-refractivity contribution in [3.63, 3.8) is 0 Å². The van der Waals surface area contributed by atoms with E-state index >= 15 is 0 Å². The molecule has 4 rings (SSSR count). The largest absolute Gasteiger partial charge is 0.497 e. The molecule has 228 valence electrons. The topological polar surface area (TPSA) is 89.1 Å². The van der Waals surface area contributed by atoms with Crippen LogP contribution in [0.4, 0.5) is 23.7 Å². The summed E-state index contributed by atoms with van der Waals surface area (Å²) in [6.45, 7) is 4.86. The molecular formula is C29H25Cl3F3N3O5. The molecule has 0 saturated heterocycles. The van der Waals surface area contributed by atoms with Crippen LogP contribution in [-0.4, -0.2) is 30.9 Å². The molecular weight excluding hydrogens is 634 g/mol. The molecule has 3 aromatic carbocycles. The second-order valence-electron chi connectivity index (χ2n) is 10.3. The van der Waals surface area contributed by atoms with Crippen molar-refractivity contribution >= 4 is 58.2 Å². The van der Waals surface area contributed by atoms with Gasteiger partial charge in [0.2, 0.25) is 5.60 Å². The van der Waals surface area contributed by atoms with Crippen LogP contribution in [0.2, 0.25) is 15.1 Å². The molecule has 0 spiro atoms. The van der Waals surface area contributed by atoms with Gasteiger partial charge in [-0.3, -0.25) is 20.5 Å². The molecule has 1 aliphatic rings. The Morgan fingerprint density at radius 1 is 0.953 bits per heavy atom. The van der Waals surface area contributed by atoms with E-state index in [-0.39, 0.29) is 43.1 Å². The average molecular weight is 659 g/mol. The summed E-state index contributed by atoms with van der Waals surface area (Å²) in [6.07, 6.45) is -5.13. The van der Waals surface area contributed by atoms with Crippen molar-refractivity contribution in [3.05, 3.63) is 98.5 Å². The van der Waals surface area contributed by atoms with Gasteiger partial charge in [-0.1, -0.05) is 40.9 Å². The van der Waals surface area contributed by atoms with Gasteiger partial charge in [-0.2, -0.15) is 18.2 Å². The first-order valence-corrected chi connectivity index (χ1v) is 13.6. The highest BCUT2D eigenvalue weighted by Crippen LogP contribution is 2.48. The lowest BCUT2D eigenvalue weighted by atomic mass is 9.91. The van der Waals surface area contributed by atoms with Crippen LogP contribution in [0.5, 0.6) is 5.75 Å². The van der Waals surface area contributed by atoms with E-state index in [4.69, 9.17) is 49.1 Å². The molecule has 1 atom stereocenters. The molecule has 0 fully saturated rings. The van der Waals surface area contributed by atoms with Gasteiger partial charge in [0.05, 0.1) is 23.5 Å². The minimum atomic E-state index is -4.94. The SMILES string of the molecule is COc1ccc(C(=O)NN(C(=O)OC(C)(C)C)c2cc(C3=CC(c4cc(Cl)cc(Cl)c4)(C(F)(F)F)ON3)ccc2Cl)cc1. The number of amides is 2. The smallest absolute Gasteiger partial charge is 0.434 e. The van der Waals surface area contributed by atoms with E-state index in [1.54, 1.807) is 32.9 Å². The zero-order chi connectivity index (χ0) is 31.7. The summed E-state index contributed by atoms with van der Waals surface area (Å²) in [6, 6.07) is 13.6. The number of hydroxylamine groups is 1. The molecule has 8 nitrogen and oxygen atoms in total. The van der Waals surface area contributed by atoms with Crippen molar-refractivity contribution in [2.24, 2.45) is 0 Å². The third-order valence-electron chi connectivity index (χ3n) is 6.02. The van der Waals surface area contributed by atoms with E-state index in [1.807, 2.05) is 0 Å². The first-order valence-electron chi connectivity index (χ1n) is 12.5. The molecule has 1 aliphatic heterocycles. The number of nitrogens with one attached hydrogen (secondary N) is 2. The van der Waals surface area contributed by atoms with Crippen molar-refractivity contribution in [3.8, 4) is 5.75 Å². The number of rotatable bonds is 5. The standard InChI is InChI=1S/C29H25Cl3F3N3O5/c1-27(2,3)42-26(40)38(36-25(39)16-5-8-21(41-4)9-6-16)24-11-17(7-10-22(24)32)23-15-28(43-37-23,29(33,34)35)18-12-19(30)14-20(31)13-18/h5-15,37H,1-4H3,(H,36,39). The Morgan fingerprint density at radius 3 is 2.14 bits per heavy atom. The number of hydrogen-bond donors (Lipinski definition) is 2. The van der Waals surface area contributed by atoms with Crippen molar-refractivity contribution in [2.45, 2.75) is 38.1 Å². The quantitative estimate of drug-likeness (QED) is 0.270. The number of carbonyl (C=O) groups excluding carboxylic acids is 2. The minimum absolute atomic E-state index is 0.0205. The molecule has 43 heavy (non-hydrogen) atoms. The number of anilines is 1. The van der Waals surface area contributed by atoms with Crippen LogP contribution in [0, 0.1) is 0 Å². The number of ether oxygens (including phenoxy) is 2. The first kappa shape index (κ1) is 32.3. The zero-order valence-electron chi connectivity index (χ0n) is 23.1. The molecule has 1 unspecified atom stereocenters. The zero-order valence-corrected chi connectivity index (χ0v) is 25.4. The van der Waals surface area contributed by atoms with Gasteiger partial charge in [-0.25, -0.2) is 4.79 Å². The lowest BCUT2D eigenvalue weighted by Crippen LogP contribution is -2.48. The molecule has 0 aliphatic carbocycles. The van der Waals surface area contributed by atoms with E-state index in [9.17, 15) is 22.8 Å². The molecule has 2 amide bonds. The Morgan fingerprint density at radius 2 is 1.58 bits per heavy atom. The van der Waals surface area contributed by atoms with Gasteiger partial charge in [-0.05, 0) is 81.4 Å². The summed E-state index contributed by atoms with van der Waals surface area (Å²) >= 11 is 18.4. The van der Waals surface area contributed by atoms with Gasteiger partial charge in [0, 0.05) is 26.7 Å². The van der Waals surface area contributed by atoms with Gasteiger partial charge in [-0.15, -0.1) is 0 Å². The second kappa shape index (κ2) is 12.2. The predicted octanol–water partition coefficient (Wildman–Crippen LogP) is 8.08. The van der Waals surface area contributed by atoms with Crippen molar-refractivity contribution in [1.29, 1.82) is 0 Å². The van der Waals surface area contributed by atoms with Crippen LogP contribution in [0.25, 0.3) is 5.70 Å². The monoisotopic (exact) mass is 657 g/mol. The number of hydrogen-bond acceptors (Lipinski definition) is 6. The fraction of sp³-hybridized carbons (Fsp3) is 0.241. The van der Waals surface area contributed by atoms with E-state index in [0.717, 1.165) is 23.2 Å². The molecule has 3 aromatic rings. The first-order chi connectivity index (χ1) is 20.0. The number of hydrazine groups is 1. The van der Waals surface area contributed by atoms with Crippen LogP contribution in [0.15, 0.2) is 66.7 Å². The van der Waals surface area contributed by atoms with Gasteiger partial charge in [0.25, 0.3) is 5.91 Å². The Hall–Kier alpha value is -3.64. The van der Waals surface area contributed by atoms with Gasteiger partial charge in [0.15, 0.2) is 0 Å². The summed E-state index contributed by atoms with van der Waals surface area (Å²) in [5, 5.41) is 0.707. The highest BCUT2D eigenvalue weighted by molar-refractivity contribution is 6.35. The average Bonchev–Trinajstić information content (AvgIpc) is 3.38. The molecule has 14 heteroatoms. The maximum absolute atomic E-state index is 14.5. The van der Waals surface area contributed by atoms with Crippen molar-refractivity contribution in [2.75, 3.05) is 12.1 Å². The fourth-order valence-electron chi connectivity index (χ4n) is 4.03. The van der Waals surface area contributed by atoms with Crippen LogP contribution in [-0.2, 0) is 15.2 Å². The molecule has 0 aromatic heterocycles. The van der Waals surface area contributed by atoms with Crippen LogP contribution in [0.3, 0.4) is 0 Å². The van der Waals surface area contributed by atoms with E-state index < -0.39 is 29.4 Å². The van der Waals surface area contributed by atoms with Crippen LogP contribution < -0.4 is 20.7 Å². The minimum Gasteiger partial charge on any atom is -0.497 e. The van der Waals surface area contributed by atoms with Crippen molar-refractivity contribution in [1.82, 2.24) is 10.9 Å². The highest BCUT2D eigenvalue weighted by atomic mass is 35.5. The summed E-state index contributed by atoms with van der Waals surface area (Å²) in [7, 11) is 1.47. The predicted molar refractivity (Wildman–Crippen MR) is 157 cm³/mol. The van der Waals surface area contributed by atoms with E-state index in [2.05, 4.69) is 10.9 Å². The molecule has 1 heterocycles. The Bertz CT molecular complexity index is 1560. The van der Waals surface area contributed by atoms with Gasteiger partial charge < -0.3 is 9.47 Å². The maximum atomic E-state index is 14.5. The van der Waals surface area contributed by atoms with Crippen molar-refractivity contribution < 1.29 is 37.1 Å². The highest BCUT2D eigenvalue weighted by Gasteiger charge is 2.59. The number of alkyl halides is 3. The van der Waals surface area contributed by atoms with Crippen LogP contribution >= 0.6 is 34.8 Å². The Balaban J connectivity index is 1.77. The third-order valence-corrected chi connectivity index (χ3v) is 6.78. The van der Waals surface area contributed by atoms with Gasteiger partial charge in [0.1, 0.15) is 11.4 Å². The maximum Gasteiger partial charge on any atom is 0.434 e. The molecule has 2 N–H and O–H groups in total. The third kappa shape index (κ3) is 7.13. The van der Waals surface area contributed by atoms with E-state index in [0.29, 0.717) is 5.75 Å². The second-order valence-corrected chi connectivity index (χ2v) is 11.6. The number of methoxy groups -OCH3 is 1. The van der Waals surface area contributed by atoms with Gasteiger partial charge >= 0.3 is 12.3 Å². The number of nitrogens with zero attached hydrogens (tertiary/aromatic N) is 1. The van der Waals surface area contributed by atoms with Crippen LogP contribution in [0.1, 0.15) is 42.3 Å². The number of halogens is 6.